The summed E-state index contributed by atoms with van der Waals surface area (Å²) in [6.07, 6.45) is -6.35. The molecule has 1 aliphatic heterocycles. The van der Waals surface area contributed by atoms with E-state index in [1.54, 1.807) is 29.8 Å². The van der Waals surface area contributed by atoms with E-state index in [2.05, 4.69) is 20.0 Å². The van der Waals surface area contributed by atoms with Gasteiger partial charge in [0.05, 0.1) is 16.2 Å². The number of benzene rings is 1. The molecule has 1 amide bonds. The third-order valence-corrected chi connectivity index (χ3v) is 6.60. The molecule has 0 aliphatic carbocycles. The zero-order valence-electron chi connectivity index (χ0n) is 18.8. The number of pyridine rings is 1. The van der Waals surface area contributed by atoms with E-state index < -0.39 is 47.7 Å². The van der Waals surface area contributed by atoms with Gasteiger partial charge in [0.15, 0.2) is 17.2 Å². The Morgan fingerprint density at radius 3 is 2.73 bits per heavy atom. The molecule has 8 nitrogen and oxygen atoms in total. The van der Waals surface area contributed by atoms with Crippen molar-refractivity contribution in [1.29, 1.82) is 0 Å². The van der Waals surface area contributed by atoms with E-state index in [4.69, 9.17) is 11.6 Å². The molecular weight excluding hydrogens is 540 g/mol. The summed E-state index contributed by atoms with van der Waals surface area (Å²) >= 11 is 7.08. The molecule has 37 heavy (non-hydrogen) atoms. The van der Waals surface area contributed by atoms with Crippen LogP contribution in [0.15, 0.2) is 48.0 Å². The summed E-state index contributed by atoms with van der Waals surface area (Å²) in [7, 11) is 0. The number of likely N-dealkylation sites (tertiary alicyclic amines) is 1. The summed E-state index contributed by atoms with van der Waals surface area (Å²) in [6, 6.07) is 8.56. The molecule has 2 unspecified atom stereocenters. The Labute approximate surface area is 216 Å². The van der Waals surface area contributed by atoms with E-state index in [0.29, 0.717) is 16.6 Å². The van der Waals surface area contributed by atoms with Gasteiger partial charge in [0.25, 0.3) is 5.91 Å². The summed E-state index contributed by atoms with van der Waals surface area (Å²) in [5, 5.41) is 16.2. The van der Waals surface area contributed by atoms with Gasteiger partial charge in [-0.05, 0) is 30.7 Å². The number of nitrogens with zero attached hydrogens (tertiary/aromatic N) is 3. The van der Waals surface area contributed by atoms with Crippen molar-refractivity contribution in [3.05, 3.63) is 70.1 Å². The average Bonchev–Trinajstić information content (AvgIpc) is 3.33. The molecular formula is C23H19ClF4N4O4S. The Kier molecular flexibility index (Phi) is 7.67. The number of ether oxygens (including phenoxy) is 1. The van der Waals surface area contributed by atoms with E-state index in [-0.39, 0.29) is 24.4 Å². The number of carbonyl (C=O) groups is 2. The first-order chi connectivity index (χ1) is 17.4. The van der Waals surface area contributed by atoms with Crippen LogP contribution in [0.5, 0.6) is 0 Å². The van der Waals surface area contributed by atoms with E-state index in [0.717, 1.165) is 11.0 Å². The molecule has 3 aromatic rings. The molecule has 1 aromatic carbocycles. The highest BCUT2D eigenvalue weighted by Crippen LogP contribution is 2.34. The number of thiazole rings is 1. The molecule has 2 N–H and O–H groups in total. The van der Waals surface area contributed by atoms with Gasteiger partial charge in [-0.1, -0.05) is 23.7 Å². The van der Waals surface area contributed by atoms with Gasteiger partial charge < -0.3 is 20.1 Å². The van der Waals surface area contributed by atoms with Crippen molar-refractivity contribution in [3.63, 3.8) is 0 Å². The Balaban J connectivity index is 1.56. The van der Waals surface area contributed by atoms with Gasteiger partial charge in [-0.25, -0.2) is 19.2 Å². The third kappa shape index (κ3) is 6.35. The molecule has 0 spiro atoms. The second kappa shape index (κ2) is 10.6. The first kappa shape index (κ1) is 26.8. The molecule has 0 bridgehead atoms. The van der Waals surface area contributed by atoms with Gasteiger partial charge in [0.1, 0.15) is 5.82 Å². The van der Waals surface area contributed by atoms with Crippen LogP contribution in [0.4, 0.5) is 28.5 Å². The molecule has 1 aliphatic rings. The van der Waals surface area contributed by atoms with Crippen molar-refractivity contribution in [2.45, 2.75) is 37.3 Å². The lowest BCUT2D eigenvalue weighted by atomic mass is 9.85. The van der Waals surface area contributed by atoms with Crippen molar-refractivity contribution in [3.8, 4) is 0 Å². The largest absolute Gasteiger partial charge is 0.491 e. The van der Waals surface area contributed by atoms with Crippen molar-refractivity contribution in [2.75, 3.05) is 11.9 Å². The molecule has 3 heterocycles. The Bertz CT molecular complexity index is 1290. The van der Waals surface area contributed by atoms with Crippen molar-refractivity contribution >= 4 is 45.8 Å². The fourth-order valence-corrected chi connectivity index (χ4v) is 4.61. The van der Waals surface area contributed by atoms with Gasteiger partial charge >= 0.3 is 12.1 Å². The molecule has 2 aromatic heterocycles. The number of nitrogens with one attached hydrogen (secondary N) is 1. The number of aromatic nitrogens is 2. The van der Waals surface area contributed by atoms with Crippen LogP contribution in [0.3, 0.4) is 0 Å². The molecule has 14 heteroatoms. The van der Waals surface area contributed by atoms with Crippen molar-refractivity contribution < 1.29 is 37.0 Å². The highest BCUT2D eigenvalue weighted by molar-refractivity contribution is 7.13. The summed E-state index contributed by atoms with van der Waals surface area (Å²) in [5.41, 5.74) is -1.80. The summed E-state index contributed by atoms with van der Waals surface area (Å²) in [5.74, 6) is -4.21. The van der Waals surface area contributed by atoms with Gasteiger partial charge in [-0.15, -0.1) is 11.3 Å². The van der Waals surface area contributed by atoms with Crippen LogP contribution in [0.2, 0.25) is 5.02 Å². The van der Waals surface area contributed by atoms with Gasteiger partial charge in [0, 0.05) is 36.7 Å². The number of carbonyl (C=O) groups excluding carboxylic acids is 2. The minimum atomic E-state index is -5.34. The molecule has 196 valence electrons. The summed E-state index contributed by atoms with van der Waals surface area (Å²) in [4.78, 5) is 33.9. The predicted octanol–water partition coefficient (Wildman–Crippen LogP) is 4.72. The fraction of sp³-hybridized carbons (Fsp3) is 0.304. The lowest BCUT2D eigenvalue weighted by molar-refractivity contribution is -0.218. The second-order valence-corrected chi connectivity index (χ2v) is 9.59. The number of esters is 1. The minimum absolute atomic E-state index is 0.104. The first-order valence-corrected chi connectivity index (χ1v) is 12.1. The molecule has 1 fully saturated rings. The smallest absolute Gasteiger partial charge is 0.435 e. The van der Waals surface area contributed by atoms with E-state index in [1.165, 1.54) is 23.5 Å². The Hall–Kier alpha value is -3.29. The van der Waals surface area contributed by atoms with Gasteiger partial charge in [-0.2, -0.15) is 13.2 Å². The predicted molar refractivity (Wildman–Crippen MR) is 126 cm³/mol. The molecule has 2 atom stereocenters. The van der Waals surface area contributed by atoms with E-state index in [1.807, 2.05) is 0 Å². The Morgan fingerprint density at radius 2 is 2.03 bits per heavy atom. The SMILES string of the molecule is O=C(c1cccc(Cl)c1F)N1CCC(O)(Cc2cccc(Nc3nccs3)n2)CC1OC(=O)C(F)(F)F. The topological polar surface area (TPSA) is 105 Å². The van der Waals surface area contributed by atoms with Gasteiger partial charge in [-0.3, -0.25) is 4.79 Å². The van der Waals surface area contributed by atoms with Crippen LogP contribution in [0.1, 0.15) is 28.9 Å². The van der Waals surface area contributed by atoms with Crippen LogP contribution in [0.25, 0.3) is 0 Å². The van der Waals surface area contributed by atoms with Crippen LogP contribution in [0, 0.1) is 5.82 Å². The molecule has 1 saturated heterocycles. The maximum absolute atomic E-state index is 14.5. The highest BCUT2D eigenvalue weighted by Gasteiger charge is 2.48. The first-order valence-electron chi connectivity index (χ1n) is 10.8. The number of alkyl halides is 3. The summed E-state index contributed by atoms with van der Waals surface area (Å²) < 4.78 is 58.0. The molecule has 0 radical (unpaired) electrons. The number of amides is 1. The zero-order chi connectivity index (χ0) is 26.8. The normalized spacial score (nSPS) is 19.9. The van der Waals surface area contributed by atoms with Crippen LogP contribution >= 0.6 is 22.9 Å². The van der Waals surface area contributed by atoms with Gasteiger partial charge in [0.2, 0.25) is 0 Å². The number of hydrogen-bond donors (Lipinski definition) is 2. The summed E-state index contributed by atoms with van der Waals surface area (Å²) in [6.45, 7) is -0.325. The maximum atomic E-state index is 14.5. The second-order valence-electron chi connectivity index (χ2n) is 8.29. The van der Waals surface area contributed by atoms with Crippen molar-refractivity contribution in [2.24, 2.45) is 0 Å². The fourth-order valence-electron chi connectivity index (χ4n) is 3.90. The third-order valence-electron chi connectivity index (χ3n) is 5.62. The number of aliphatic hydroxyl groups is 1. The molecule has 4 rings (SSSR count). The van der Waals surface area contributed by atoms with Crippen molar-refractivity contribution in [1.82, 2.24) is 14.9 Å². The maximum Gasteiger partial charge on any atom is 0.491 e. The number of piperidine rings is 1. The zero-order valence-corrected chi connectivity index (χ0v) is 20.4. The monoisotopic (exact) mass is 558 g/mol. The number of rotatable bonds is 6. The average molecular weight is 559 g/mol. The molecule has 0 saturated carbocycles. The van der Waals surface area contributed by atoms with E-state index in [9.17, 15) is 32.3 Å². The van der Waals surface area contributed by atoms with E-state index >= 15 is 0 Å². The highest BCUT2D eigenvalue weighted by atomic mass is 35.5. The standard InChI is InChI=1S/C23H19ClF4N4O4S/c24-15-5-2-4-14(18(15)25)19(33)32-9-7-22(35,12-17(32)36-20(34)23(26,27)28)11-13-3-1-6-16(30-13)31-21-29-8-10-37-21/h1-6,8,10,17,35H,7,9,11-12H2,(H,29,30,31). The Morgan fingerprint density at radius 1 is 1.27 bits per heavy atom. The lowest BCUT2D eigenvalue weighted by Gasteiger charge is -2.43. The number of anilines is 2. The van der Waals surface area contributed by atoms with Crippen LogP contribution < -0.4 is 5.32 Å². The quantitative estimate of drug-likeness (QED) is 0.333. The van der Waals surface area contributed by atoms with Crippen LogP contribution in [-0.4, -0.2) is 56.4 Å². The minimum Gasteiger partial charge on any atom is -0.435 e. The lowest BCUT2D eigenvalue weighted by Crippen LogP contribution is -2.56. The number of hydrogen-bond acceptors (Lipinski definition) is 8. The number of halogens is 5. The van der Waals surface area contributed by atoms with Crippen LogP contribution in [-0.2, 0) is 16.0 Å².